The zero-order valence-corrected chi connectivity index (χ0v) is 51.8. The van der Waals surface area contributed by atoms with Gasteiger partial charge in [-0.3, -0.25) is 38.4 Å². The molecule has 1 aliphatic rings. The fourth-order valence-electron chi connectivity index (χ4n) is 9.64. The Morgan fingerprint density at radius 3 is 0.750 bits per heavy atom. The zero-order chi connectivity index (χ0) is 64.5. The van der Waals surface area contributed by atoms with Gasteiger partial charge < -0.3 is 47.4 Å². The van der Waals surface area contributed by atoms with Crippen LogP contribution in [-0.4, -0.2) is 126 Å². The van der Waals surface area contributed by atoms with E-state index in [0.717, 1.165) is 14.2 Å². The molecular weight excluding hydrogens is 1140 g/mol. The lowest BCUT2D eigenvalue weighted by atomic mass is 9.86. The van der Waals surface area contributed by atoms with Gasteiger partial charge in [-0.2, -0.15) is 0 Å². The lowest BCUT2D eigenvalue weighted by Crippen LogP contribution is -2.18. The van der Waals surface area contributed by atoms with Gasteiger partial charge >= 0.3 is 35.8 Å². The molecule has 4 aromatic carbocycles. The van der Waals surface area contributed by atoms with Crippen LogP contribution >= 0.6 is 0 Å². The number of ketones is 4. The SMILES string of the molecule is C=C(C)C(=O)OCCOc1c2cc(C(=O)CCC)cc1Cc1cc(C(=O)CCC)cc(c1OCCOC(=O)CC(=O)OC)Cc1cc(C(=O)CCC)cc(c1OCCOC(=O)C(=C)C)Cc1cc(C(=O)CCC)cc(c1OCCOC(=O)CC(=O)OC)C2. The number of carbonyl (C=O) groups excluding carboxylic acids is 10. The summed E-state index contributed by atoms with van der Waals surface area (Å²) in [7, 11) is 2.28. The largest absolute Gasteiger partial charge is 0.489 e. The van der Waals surface area contributed by atoms with Crippen LogP contribution in [0.1, 0.15) is 192 Å². The predicted octanol–water partition coefficient (Wildman–Crippen LogP) is 10.3. The number of hydrogen-bond donors (Lipinski definition) is 0. The highest BCUT2D eigenvalue weighted by molar-refractivity contribution is 5.99. The molecule has 0 saturated carbocycles. The minimum absolute atomic E-state index is 0.100. The molecule has 0 heterocycles. The van der Waals surface area contributed by atoms with E-state index in [9.17, 15) is 47.9 Å². The van der Waals surface area contributed by atoms with Gasteiger partial charge in [-0.15, -0.1) is 0 Å². The predicted molar refractivity (Wildman–Crippen MR) is 323 cm³/mol. The number of ether oxygens (including phenoxy) is 10. The van der Waals surface area contributed by atoms with Crippen molar-refractivity contribution in [3.63, 3.8) is 0 Å². The molecule has 0 fully saturated rings. The van der Waals surface area contributed by atoms with Crippen LogP contribution in [0, 0.1) is 0 Å². The average Bonchev–Trinajstić information content (AvgIpc) is 1.51. The molecule has 20 nitrogen and oxygen atoms in total. The molecule has 0 atom stereocenters. The molecular formula is C68H80O20. The Kier molecular flexibility index (Phi) is 27.8. The normalized spacial score (nSPS) is 11.5. The summed E-state index contributed by atoms with van der Waals surface area (Å²) < 4.78 is 57.8. The average molecular weight is 1220 g/mol. The molecule has 472 valence electrons. The fraction of sp³-hybridized carbons (Fsp3) is 0.441. The Bertz CT molecular complexity index is 2960. The molecule has 5 rings (SSSR count). The number of rotatable bonds is 34. The van der Waals surface area contributed by atoms with Crippen molar-refractivity contribution in [3.8, 4) is 23.0 Å². The van der Waals surface area contributed by atoms with Gasteiger partial charge in [-0.05, 0) is 133 Å². The van der Waals surface area contributed by atoms with Crippen LogP contribution in [0.4, 0.5) is 0 Å². The quantitative estimate of drug-likeness (QED) is 0.00925. The van der Waals surface area contributed by atoms with Crippen LogP contribution in [0.5, 0.6) is 23.0 Å². The monoisotopic (exact) mass is 1220 g/mol. The second kappa shape index (κ2) is 35.0. The zero-order valence-electron chi connectivity index (χ0n) is 51.8. The van der Waals surface area contributed by atoms with Gasteiger partial charge in [0, 0.05) is 84.8 Å². The maximum atomic E-state index is 14.4. The molecule has 1 aliphatic carbocycles. The van der Waals surface area contributed by atoms with Crippen LogP contribution in [-0.2, 0) is 82.9 Å². The summed E-state index contributed by atoms with van der Waals surface area (Å²) in [6.45, 7) is 15.8. The van der Waals surface area contributed by atoms with E-state index in [1.807, 2.05) is 27.7 Å². The summed E-state index contributed by atoms with van der Waals surface area (Å²) in [5.74, 6) is -4.62. The summed E-state index contributed by atoms with van der Waals surface area (Å²) in [5, 5.41) is 0. The number of hydrogen-bond acceptors (Lipinski definition) is 20. The molecule has 0 radical (unpaired) electrons. The molecule has 0 N–H and O–H groups in total. The first-order chi connectivity index (χ1) is 42.1. The first kappa shape index (κ1) is 69.8. The molecule has 20 heteroatoms. The first-order valence-electron chi connectivity index (χ1n) is 29.5. The number of Topliss-reactive ketones (excluding diaryl/α,β-unsaturated/α-hetero) is 4. The summed E-state index contributed by atoms with van der Waals surface area (Å²) >= 11 is 0. The second-order valence-corrected chi connectivity index (χ2v) is 21.1. The van der Waals surface area contributed by atoms with Crippen molar-refractivity contribution in [3.05, 3.63) is 140 Å². The van der Waals surface area contributed by atoms with Crippen LogP contribution < -0.4 is 18.9 Å². The van der Waals surface area contributed by atoms with Crippen LogP contribution in [0.3, 0.4) is 0 Å². The highest BCUT2D eigenvalue weighted by Crippen LogP contribution is 2.42. The molecule has 88 heavy (non-hydrogen) atoms. The Balaban J connectivity index is 1.98. The van der Waals surface area contributed by atoms with Crippen molar-refractivity contribution in [1.82, 2.24) is 0 Å². The standard InChI is InChI=1S/C68H80O20/c1-11-15-55(69)43-27-47-35-51-31-45(57(71)17-13-3)33-53(65(51)85-23-25-87-67(77)41(5)6)37-49-29-44(56(70)16-12-2)30-50(64(49)84-22-20-82-62(76)40-60(74)80-10)38-54-34-46(58(72)18-14-4)32-52(66(54)86-24-26-88-68(78)42(7)8)36-48(28-43)63(47)83-21-19-81-61(75)39-59(73)79-9/h27-34H,5,7,11-26,35-40H2,1-4,6,8-10H3. The lowest BCUT2D eigenvalue weighted by Gasteiger charge is -2.25. The maximum Gasteiger partial charge on any atom is 0.333 e. The Morgan fingerprint density at radius 2 is 0.557 bits per heavy atom. The van der Waals surface area contributed by atoms with Crippen LogP contribution in [0.2, 0.25) is 0 Å². The van der Waals surface area contributed by atoms with Crippen molar-refractivity contribution >= 4 is 58.9 Å². The van der Waals surface area contributed by atoms with Gasteiger partial charge in [0.05, 0.1) is 14.2 Å². The molecule has 0 spiro atoms. The number of esters is 6. The Hall–Kier alpha value is -8.94. The number of methoxy groups -OCH3 is 2. The molecule has 0 saturated heterocycles. The van der Waals surface area contributed by atoms with E-state index >= 15 is 0 Å². The van der Waals surface area contributed by atoms with E-state index in [4.69, 9.17) is 37.9 Å². The first-order valence-corrected chi connectivity index (χ1v) is 29.5. The van der Waals surface area contributed by atoms with E-state index in [2.05, 4.69) is 22.6 Å². The molecule has 0 unspecified atom stereocenters. The summed E-state index contributed by atoms with van der Waals surface area (Å²) in [6, 6.07) is 13.5. The smallest absolute Gasteiger partial charge is 0.333 e. The second-order valence-electron chi connectivity index (χ2n) is 21.1. The van der Waals surface area contributed by atoms with Gasteiger partial charge in [0.1, 0.15) is 88.7 Å². The van der Waals surface area contributed by atoms with Crippen LogP contribution in [0.25, 0.3) is 0 Å². The molecule has 0 aliphatic heterocycles. The maximum absolute atomic E-state index is 14.4. The molecule has 0 aromatic heterocycles. The third-order valence-corrected chi connectivity index (χ3v) is 13.7. The highest BCUT2D eigenvalue weighted by atomic mass is 16.6. The van der Waals surface area contributed by atoms with E-state index in [-0.39, 0.29) is 161 Å². The summed E-state index contributed by atoms with van der Waals surface area (Å²) in [5.41, 5.74) is 4.76. The number of benzene rings is 4. The third-order valence-electron chi connectivity index (χ3n) is 13.7. The van der Waals surface area contributed by atoms with Crippen molar-refractivity contribution in [2.45, 2.75) is 131 Å². The third kappa shape index (κ3) is 20.6. The summed E-state index contributed by atoms with van der Waals surface area (Å²) in [6.07, 6.45) is 0.878. The fourth-order valence-corrected chi connectivity index (χ4v) is 9.64. The van der Waals surface area contributed by atoms with Crippen LogP contribution in [0.15, 0.2) is 72.8 Å². The van der Waals surface area contributed by atoms with E-state index in [1.165, 1.54) is 13.8 Å². The van der Waals surface area contributed by atoms with E-state index in [1.54, 1.807) is 48.5 Å². The van der Waals surface area contributed by atoms with Crippen molar-refractivity contribution in [2.24, 2.45) is 0 Å². The minimum Gasteiger partial charge on any atom is -0.489 e. The molecule has 8 bridgehead atoms. The van der Waals surface area contributed by atoms with Gasteiger partial charge in [-0.1, -0.05) is 40.9 Å². The topological polar surface area (TPSA) is 263 Å². The Labute approximate surface area is 513 Å². The minimum atomic E-state index is -0.870. The van der Waals surface area contributed by atoms with Crippen molar-refractivity contribution in [1.29, 1.82) is 0 Å². The van der Waals surface area contributed by atoms with E-state index in [0.29, 0.717) is 92.4 Å². The number of fused-ring (bicyclic) bond motifs is 8. The highest BCUT2D eigenvalue weighted by Gasteiger charge is 2.28. The van der Waals surface area contributed by atoms with Gasteiger partial charge in [-0.25, -0.2) is 9.59 Å². The summed E-state index contributed by atoms with van der Waals surface area (Å²) in [4.78, 5) is 132. The molecule has 0 amide bonds. The van der Waals surface area contributed by atoms with Crippen molar-refractivity contribution < 1.29 is 95.3 Å². The van der Waals surface area contributed by atoms with E-state index < -0.39 is 48.7 Å². The van der Waals surface area contributed by atoms with Gasteiger partial charge in [0.15, 0.2) is 23.1 Å². The lowest BCUT2D eigenvalue weighted by molar-refractivity contribution is -0.155. The number of carbonyl (C=O) groups is 10. The van der Waals surface area contributed by atoms with Gasteiger partial charge in [0.2, 0.25) is 0 Å². The molecule has 4 aromatic rings. The van der Waals surface area contributed by atoms with Crippen molar-refractivity contribution in [2.75, 3.05) is 67.1 Å². The van der Waals surface area contributed by atoms with Gasteiger partial charge in [0.25, 0.3) is 0 Å². The Morgan fingerprint density at radius 1 is 0.341 bits per heavy atom.